The van der Waals surface area contributed by atoms with E-state index in [4.69, 9.17) is 10.5 Å². The summed E-state index contributed by atoms with van der Waals surface area (Å²) in [5, 5.41) is 0. The molecule has 0 bridgehead atoms. The van der Waals surface area contributed by atoms with Crippen LogP contribution in [0.4, 0.5) is 4.39 Å². The van der Waals surface area contributed by atoms with Crippen molar-refractivity contribution in [2.75, 3.05) is 6.61 Å². The van der Waals surface area contributed by atoms with Crippen molar-refractivity contribution in [3.63, 3.8) is 0 Å². The van der Waals surface area contributed by atoms with E-state index in [0.717, 1.165) is 5.56 Å². The second-order valence-electron chi connectivity index (χ2n) is 3.08. The number of benzene rings is 1. The lowest BCUT2D eigenvalue weighted by molar-refractivity contribution is 0.341. The molecule has 1 atom stereocenters. The van der Waals surface area contributed by atoms with Crippen LogP contribution in [0.15, 0.2) is 30.9 Å². The third kappa shape index (κ3) is 2.57. The van der Waals surface area contributed by atoms with Gasteiger partial charge in [0.15, 0.2) is 11.6 Å². The van der Waals surface area contributed by atoms with E-state index >= 15 is 0 Å². The molecule has 0 aromatic heterocycles. The van der Waals surface area contributed by atoms with E-state index in [1.165, 1.54) is 6.07 Å². The summed E-state index contributed by atoms with van der Waals surface area (Å²) in [6.45, 7) is 5.59. The summed E-state index contributed by atoms with van der Waals surface area (Å²) in [5.41, 5.74) is 6.37. The van der Waals surface area contributed by atoms with Gasteiger partial charge in [0, 0.05) is 6.04 Å². The van der Waals surface area contributed by atoms with Crippen molar-refractivity contribution in [1.29, 1.82) is 0 Å². The Morgan fingerprint density at radius 2 is 2.36 bits per heavy atom. The molecule has 2 nitrogen and oxygen atoms in total. The van der Waals surface area contributed by atoms with Gasteiger partial charge in [0.05, 0.1) is 0 Å². The first-order valence-corrected chi connectivity index (χ1v) is 4.44. The maximum atomic E-state index is 13.3. The van der Waals surface area contributed by atoms with Crippen LogP contribution in [0.1, 0.15) is 18.5 Å². The lowest BCUT2D eigenvalue weighted by Gasteiger charge is -2.08. The highest BCUT2D eigenvalue weighted by atomic mass is 19.1. The van der Waals surface area contributed by atoms with Crippen LogP contribution in [0.5, 0.6) is 5.75 Å². The first-order chi connectivity index (χ1) is 6.65. The second kappa shape index (κ2) is 4.77. The molecule has 0 amide bonds. The Morgan fingerprint density at radius 1 is 1.64 bits per heavy atom. The summed E-state index contributed by atoms with van der Waals surface area (Å²) in [6, 6.07) is 4.56. The van der Waals surface area contributed by atoms with Crippen LogP contribution >= 0.6 is 0 Å². The minimum Gasteiger partial charge on any atom is -0.486 e. The Balaban J connectivity index is 2.84. The van der Waals surface area contributed by atoms with Crippen LogP contribution in [0.2, 0.25) is 0 Å². The van der Waals surface area contributed by atoms with Gasteiger partial charge in [0.25, 0.3) is 0 Å². The molecule has 76 valence electrons. The zero-order valence-electron chi connectivity index (χ0n) is 8.16. The molecule has 1 rings (SSSR count). The molecule has 1 aromatic carbocycles. The molecule has 2 N–H and O–H groups in total. The summed E-state index contributed by atoms with van der Waals surface area (Å²) in [5.74, 6) is -0.157. The van der Waals surface area contributed by atoms with E-state index < -0.39 is 0 Å². The van der Waals surface area contributed by atoms with Gasteiger partial charge in [0.1, 0.15) is 6.61 Å². The van der Waals surface area contributed by atoms with Crippen LogP contribution < -0.4 is 10.5 Å². The third-order valence-electron chi connectivity index (χ3n) is 1.84. The summed E-state index contributed by atoms with van der Waals surface area (Å²) in [7, 11) is 0. The Hall–Kier alpha value is -1.35. The standard InChI is InChI=1S/C11H14FNO/c1-3-6-14-11-5-4-9(8(2)13)7-10(11)12/h3-5,7-8H,1,6,13H2,2H3/t8-/m0/s1. The van der Waals surface area contributed by atoms with Gasteiger partial charge in [-0.3, -0.25) is 0 Å². The van der Waals surface area contributed by atoms with Gasteiger partial charge >= 0.3 is 0 Å². The zero-order valence-corrected chi connectivity index (χ0v) is 8.16. The number of rotatable bonds is 4. The quantitative estimate of drug-likeness (QED) is 0.749. The monoisotopic (exact) mass is 195 g/mol. The lowest BCUT2D eigenvalue weighted by atomic mass is 10.1. The molecule has 1 aromatic rings. The van der Waals surface area contributed by atoms with E-state index in [1.807, 2.05) is 0 Å². The van der Waals surface area contributed by atoms with E-state index in [0.29, 0.717) is 6.61 Å². The maximum absolute atomic E-state index is 13.3. The van der Waals surface area contributed by atoms with Gasteiger partial charge in [0.2, 0.25) is 0 Å². The van der Waals surface area contributed by atoms with Crippen molar-refractivity contribution in [3.05, 3.63) is 42.2 Å². The summed E-state index contributed by atoms with van der Waals surface area (Å²) in [4.78, 5) is 0. The lowest BCUT2D eigenvalue weighted by Crippen LogP contribution is -2.05. The predicted octanol–water partition coefficient (Wildman–Crippen LogP) is 2.41. The molecule has 0 fully saturated rings. The van der Waals surface area contributed by atoms with Gasteiger partial charge in [-0.15, -0.1) is 0 Å². The molecule has 0 radical (unpaired) electrons. The van der Waals surface area contributed by atoms with E-state index in [-0.39, 0.29) is 17.6 Å². The first-order valence-electron chi connectivity index (χ1n) is 4.44. The topological polar surface area (TPSA) is 35.2 Å². The van der Waals surface area contributed by atoms with Crippen molar-refractivity contribution < 1.29 is 9.13 Å². The SMILES string of the molecule is C=CCOc1ccc([C@H](C)N)cc1F. The minimum absolute atomic E-state index is 0.169. The Bertz CT molecular complexity index is 323. The highest BCUT2D eigenvalue weighted by molar-refractivity contribution is 5.30. The molecule has 3 heteroatoms. The van der Waals surface area contributed by atoms with Crippen LogP contribution in [0.3, 0.4) is 0 Å². The van der Waals surface area contributed by atoms with Crippen molar-refractivity contribution in [2.24, 2.45) is 5.73 Å². The molecule has 0 aliphatic carbocycles. The van der Waals surface area contributed by atoms with Crippen LogP contribution in [0.25, 0.3) is 0 Å². The number of nitrogens with two attached hydrogens (primary N) is 1. The van der Waals surface area contributed by atoms with E-state index in [9.17, 15) is 4.39 Å². The van der Waals surface area contributed by atoms with E-state index in [2.05, 4.69) is 6.58 Å². The minimum atomic E-state index is -0.387. The fraction of sp³-hybridized carbons (Fsp3) is 0.273. The summed E-state index contributed by atoms with van der Waals surface area (Å²) in [6.07, 6.45) is 1.57. The largest absolute Gasteiger partial charge is 0.486 e. The molecule has 0 aliphatic heterocycles. The predicted molar refractivity (Wildman–Crippen MR) is 54.7 cm³/mol. The van der Waals surface area contributed by atoms with Gasteiger partial charge < -0.3 is 10.5 Å². The number of ether oxygens (including phenoxy) is 1. The Morgan fingerprint density at radius 3 is 2.86 bits per heavy atom. The molecule has 0 unspecified atom stereocenters. The smallest absolute Gasteiger partial charge is 0.165 e. The van der Waals surface area contributed by atoms with Crippen LogP contribution in [0, 0.1) is 5.82 Å². The number of hydrogen-bond donors (Lipinski definition) is 1. The molecular weight excluding hydrogens is 181 g/mol. The molecular formula is C11H14FNO. The van der Waals surface area contributed by atoms with Crippen molar-refractivity contribution in [3.8, 4) is 5.75 Å². The normalized spacial score (nSPS) is 12.2. The van der Waals surface area contributed by atoms with Gasteiger partial charge in [-0.1, -0.05) is 18.7 Å². The highest BCUT2D eigenvalue weighted by Gasteiger charge is 2.06. The fourth-order valence-corrected chi connectivity index (χ4v) is 1.07. The molecule has 0 aliphatic rings. The number of hydrogen-bond acceptors (Lipinski definition) is 2. The van der Waals surface area contributed by atoms with Crippen molar-refractivity contribution >= 4 is 0 Å². The molecule has 0 heterocycles. The van der Waals surface area contributed by atoms with Crippen LogP contribution in [-0.4, -0.2) is 6.61 Å². The number of halogens is 1. The van der Waals surface area contributed by atoms with E-state index in [1.54, 1.807) is 25.1 Å². The Kier molecular flexibility index (Phi) is 3.65. The van der Waals surface area contributed by atoms with Gasteiger partial charge in [-0.2, -0.15) is 0 Å². The average Bonchev–Trinajstić information content (AvgIpc) is 2.15. The molecule has 0 saturated heterocycles. The van der Waals surface area contributed by atoms with Gasteiger partial charge in [-0.05, 0) is 24.6 Å². The second-order valence-corrected chi connectivity index (χ2v) is 3.08. The summed E-state index contributed by atoms with van der Waals surface area (Å²) < 4.78 is 18.4. The third-order valence-corrected chi connectivity index (χ3v) is 1.84. The van der Waals surface area contributed by atoms with Crippen molar-refractivity contribution in [1.82, 2.24) is 0 Å². The molecule has 14 heavy (non-hydrogen) atoms. The maximum Gasteiger partial charge on any atom is 0.165 e. The highest BCUT2D eigenvalue weighted by Crippen LogP contribution is 2.20. The average molecular weight is 195 g/mol. The first kappa shape index (κ1) is 10.7. The zero-order chi connectivity index (χ0) is 10.6. The molecule has 0 saturated carbocycles. The Labute approximate surface area is 83.2 Å². The van der Waals surface area contributed by atoms with Crippen molar-refractivity contribution in [2.45, 2.75) is 13.0 Å². The summed E-state index contributed by atoms with van der Waals surface area (Å²) >= 11 is 0. The van der Waals surface area contributed by atoms with Crippen LogP contribution in [-0.2, 0) is 0 Å². The molecule has 0 spiro atoms. The fourth-order valence-electron chi connectivity index (χ4n) is 1.07. The van der Waals surface area contributed by atoms with Gasteiger partial charge in [-0.25, -0.2) is 4.39 Å².